The van der Waals surface area contributed by atoms with Crippen LogP contribution in [-0.2, 0) is 7.05 Å². The molecule has 0 fully saturated rings. The minimum Gasteiger partial charge on any atom is -0.192 e. The van der Waals surface area contributed by atoms with Gasteiger partial charge in [0.05, 0.1) is 23.4 Å². The van der Waals surface area contributed by atoms with Gasteiger partial charge in [-0.1, -0.05) is 24.3 Å². The minimum atomic E-state index is 0.674. The summed E-state index contributed by atoms with van der Waals surface area (Å²) in [5.74, 6) is 0. The van der Waals surface area contributed by atoms with Gasteiger partial charge in [0.2, 0.25) is 6.20 Å². The molecule has 0 bridgehead atoms. The standard InChI is InChI=1S/C20H20N3/c1-14-8-9-17(11-21)10-19(14)23-13-18(12-22(23)4)20-15(2)6-5-7-16(20)3/h5-10,12-13H,1-4H3/q+1. The lowest BCUT2D eigenvalue weighted by molar-refractivity contribution is -0.744. The second-order valence-electron chi connectivity index (χ2n) is 6.01. The summed E-state index contributed by atoms with van der Waals surface area (Å²) in [5, 5.41) is 9.16. The topological polar surface area (TPSA) is 32.6 Å². The Morgan fingerprint density at radius 3 is 2.35 bits per heavy atom. The highest BCUT2D eigenvalue weighted by Crippen LogP contribution is 2.27. The Morgan fingerprint density at radius 1 is 1.00 bits per heavy atom. The van der Waals surface area contributed by atoms with Crippen LogP contribution in [0.3, 0.4) is 0 Å². The highest BCUT2D eigenvalue weighted by Gasteiger charge is 2.17. The first-order chi connectivity index (χ1) is 11.0. The van der Waals surface area contributed by atoms with Gasteiger partial charge < -0.3 is 0 Å². The average molecular weight is 302 g/mol. The van der Waals surface area contributed by atoms with Crippen LogP contribution in [0.5, 0.6) is 0 Å². The summed E-state index contributed by atoms with van der Waals surface area (Å²) < 4.78 is 4.15. The van der Waals surface area contributed by atoms with E-state index in [0.29, 0.717) is 5.56 Å². The molecule has 0 saturated heterocycles. The van der Waals surface area contributed by atoms with Gasteiger partial charge in [0, 0.05) is 0 Å². The molecule has 0 aliphatic rings. The third kappa shape index (κ3) is 2.64. The summed E-state index contributed by atoms with van der Waals surface area (Å²) >= 11 is 0. The van der Waals surface area contributed by atoms with E-state index in [1.165, 1.54) is 22.3 Å². The molecule has 0 unspecified atom stereocenters. The molecule has 0 amide bonds. The zero-order valence-corrected chi connectivity index (χ0v) is 14.0. The van der Waals surface area contributed by atoms with Crippen molar-refractivity contribution in [2.75, 3.05) is 0 Å². The zero-order valence-electron chi connectivity index (χ0n) is 14.0. The molecule has 0 atom stereocenters. The van der Waals surface area contributed by atoms with Gasteiger partial charge in [-0.25, -0.2) is 0 Å². The van der Waals surface area contributed by atoms with Gasteiger partial charge in [0.1, 0.15) is 5.69 Å². The second kappa shape index (κ2) is 5.73. The molecule has 0 N–H and O–H groups in total. The molecule has 0 radical (unpaired) electrons. The average Bonchev–Trinajstić information content (AvgIpc) is 2.89. The molecule has 3 nitrogen and oxygen atoms in total. The summed E-state index contributed by atoms with van der Waals surface area (Å²) in [6.45, 7) is 6.34. The Labute approximate surface area is 137 Å². The van der Waals surface area contributed by atoms with Crippen molar-refractivity contribution in [2.45, 2.75) is 20.8 Å². The van der Waals surface area contributed by atoms with Gasteiger partial charge >= 0.3 is 0 Å². The quantitative estimate of drug-likeness (QED) is 0.663. The molecule has 3 heteroatoms. The summed E-state index contributed by atoms with van der Waals surface area (Å²) in [6.07, 6.45) is 4.27. The molecule has 3 rings (SSSR count). The maximum absolute atomic E-state index is 9.16. The van der Waals surface area contributed by atoms with Crippen LogP contribution in [0.2, 0.25) is 0 Å². The Hall–Kier alpha value is -2.86. The van der Waals surface area contributed by atoms with Crippen molar-refractivity contribution >= 4 is 0 Å². The number of nitrogens with zero attached hydrogens (tertiary/aromatic N) is 3. The maximum atomic E-state index is 9.16. The highest BCUT2D eigenvalue weighted by atomic mass is 15.4. The first-order valence-electron chi connectivity index (χ1n) is 7.67. The van der Waals surface area contributed by atoms with Crippen molar-refractivity contribution in [3.05, 3.63) is 71.0 Å². The van der Waals surface area contributed by atoms with E-state index in [9.17, 15) is 0 Å². The summed E-state index contributed by atoms with van der Waals surface area (Å²) in [6, 6.07) is 14.4. The van der Waals surface area contributed by atoms with E-state index in [-0.39, 0.29) is 0 Å². The molecular formula is C20H20N3+. The van der Waals surface area contributed by atoms with E-state index >= 15 is 0 Å². The third-order valence-corrected chi connectivity index (χ3v) is 4.28. The van der Waals surface area contributed by atoms with Crippen molar-refractivity contribution < 1.29 is 4.68 Å². The zero-order chi connectivity index (χ0) is 16.6. The fraction of sp³-hybridized carbons (Fsp3) is 0.200. The predicted octanol–water partition coefficient (Wildman–Crippen LogP) is 3.77. The van der Waals surface area contributed by atoms with E-state index in [2.05, 4.69) is 66.8 Å². The molecule has 3 aromatic rings. The fourth-order valence-electron chi connectivity index (χ4n) is 3.08. The Bertz CT molecular complexity index is 906. The first-order valence-corrected chi connectivity index (χ1v) is 7.67. The molecule has 1 heterocycles. The number of aryl methyl sites for hydroxylation is 4. The molecular weight excluding hydrogens is 282 g/mol. The molecule has 0 aliphatic heterocycles. The normalized spacial score (nSPS) is 10.6. The molecule has 1 aromatic heterocycles. The van der Waals surface area contributed by atoms with Crippen LogP contribution in [0.1, 0.15) is 22.3 Å². The van der Waals surface area contributed by atoms with Crippen LogP contribution < -0.4 is 4.68 Å². The lowest BCUT2D eigenvalue weighted by Gasteiger charge is -2.06. The smallest absolute Gasteiger partial charge is 0.192 e. The van der Waals surface area contributed by atoms with Gasteiger partial charge in [0.25, 0.3) is 0 Å². The minimum absolute atomic E-state index is 0.674. The monoisotopic (exact) mass is 302 g/mol. The fourth-order valence-corrected chi connectivity index (χ4v) is 3.08. The maximum Gasteiger partial charge on any atom is 0.203 e. The number of benzene rings is 2. The van der Waals surface area contributed by atoms with Crippen molar-refractivity contribution in [1.29, 1.82) is 5.26 Å². The van der Waals surface area contributed by atoms with Crippen LogP contribution in [0.4, 0.5) is 0 Å². The van der Waals surface area contributed by atoms with E-state index in [4.69, 9.17) is 5.26 Å². The van der Waals surface area contributed by atoms with Crippen LogP contribution in [0.25, 0.3) is 16.8 Å². The molecule has 2 aromatic carbocycles. The van der Waals surface area contributed by atoms with Gasteiger partial charge in [-0.2, -0.15) is 5.26 Å². The van der Waals surface area contributed by atoms with E-state index in [1.54, 1.807) is 0 Å². The number of nitriles is 1. The van der Waals surface area contributed by atoms with Crippen molar-refractivity contribution in [1.82, 2.24) is 4.68 Å². The summed E-state index contributed by atoms with van der Waals surface area (Å²) in [5.41, 5.74) is 7.84. The number of hydrogen-bond donors (Lipinski definition) is 0. The predicted molar refractivity (Wildman–Crippen MR) is 91.3 cm³/mol. The lowest BCUT2D eigenvalue weighted by Crippen LogP contribution is -2.37. The summed E-state index contributed by atoms with van der Waals surface area (Å²) in [7, 11) is 2.02. The third-order valence-electron chi connectivity index (χ3n) is 4.28. The van der Waals surface area contributed by atoms with Crippen molar-refractivity contribution in [2.24, 2.45) is 7.05 Å². The summed E-state index contributed by atoms with van der Waals surface area (Å²) in [4.78, 5) is 0. The molecule has 0 aliphatic carbocycles. The Morgan fingerprint density at radius 2 is 1.70 bits per heavy atom. The van der Waals surface area contributed by atoms with Crippen LogP contribution in [0.15, 0.2) is 48.8 Å². The van der Waals surface area contributed by atoms with Gasteiger partial charge in [0.15, 0.2) is 7.05 Å². The van der Waals surface area contributed by atoms with Crippen LogP contribution >= 0.6 is 0 Å². The van der Waals surface area contributed by atoms with E-state index in [0.717, 1.165) is 11.3 Å². The number of hydrogen-bond acceptors (Lipinski definition) is 1. The molecule has 0 spiro atoms. The van der Waals surface area contributed by atoms with Gasteiger partial charge in [-0.05, 0) is 55.2 Å². The van der Waals surface area contributed by atoms with Crippen molar-refractivity contribution in [3.63, 3.8) is 0 Å². The van der Waals surface area contributed by atoms with Gasteiger partial charge in [-0.3, -0.25) is 0 Å². The van der Waals surface area contributed by atoms with Gasteiger partial charge in [-0.15, -0.1) is 9.36 Å². The second-order valence-corrected chi connectivity index (χ2v) is 6.01. The number of rotatable bonds is 2. The highest BCUT2D eigenvalue weighted by molar-refractivity contribution is 5.69. The van der Waals surface area contributed by atoms with Crippen LogP contribution in [-0.4, -0.2) is 4.68 Å². The Kier molecular flexibility index (Phi) is 3.75. The SMILES string of the molecule is Cc1ccc(C#N)cc1-n1cc(-c2c(C)cccc2C)c[n+]1C. The lowest BCUT2D eigenvalue weighted by atomic mass is 9.98. The van der Waals surface area contributed by atoms with E-state index in [1.807, 2.05) is 25.2 Å². The largest absolute Gasteiger partial charge is 0.203 e. The molecule has 114 valence electrons. The Balaban J connectivity index is 2.19. The number of aromatic nitrogens is 2. The van der Waals surface area contributed by atoms with Crippen molar-refractivity contribution in [3.8, 4) is 22.9 Å². The van der Waals surface area contributed by atoms with Crippen LogP contribution in [0, 0.1) is 32.1 Å². The molecule has 23 heavy (non-hydrogen) atoms. The van der Waals surface area contributed by atoms with E-state index < -0.39 is 0 Å². The first kappa shape index (κ1) is 15.1. The molecule has 0 saturated carbocycles.